The van der Waals surface area contributed by atoms with Gasteiger partial charge in [-0.3, -0.25) is 0 Å². The van der Waals surface area contributed by atoms with E-state index >= 15 is 0 Å². The van der Waals surface area contributed by atoms with Crippen molar-refractivity contribution in [3.8, 4) is 11.5 Å². The van der Waals surface area contributed by atoms with Crippen molar-refractivity contribution in [1.82, 2.24) is 0 Å². The van der Waals surface area contributed by atoms with Gasteiger partial charge in [0.2, 0.25) is 0 Å². The fraction of sp³-hybridized carbons (Fsp3) is 0.364. The highest BCUT2D eigenvalue weighted by molar-refractivity contribution is 5.76. The molecule has 1 heterocycles. The van der Waals surface area contributed by atoms with Crippen LogP contribution in [0.3, 0.4) is 0 Å². The van der Waals surface area contributed by atoms with Gasteiger partial charge in [-0.15, -0.1) is 0 Å². The van der Waals surface area contributed by atoms with Crippen molar-refractivity contribution < 1.29 is 14.6 Å². The van der Waals surface area contributed by atoms with Gasteiger partial charge in [-0.2, -0.15) is 0 Å². The second kappa shape index (κ2) is 3.33. The van der Waals surface area contributed by atoms with Crippen LogP contribution in [-0.2, 0) is 4.79 Å². The molecule has 1 N–H and O–H groups in total. The Hall–Kier alpha value is -1.51. The van der Waals surface area contributed by atoms with Crippen molar-refractivity contribution in [3.63, 3.8) is 0 Å². The molecule has 0 fully saturated rings. The molecule has 1 aromatic carbocycles. The van der Waals surface area contributed by atoms with Crippen LogP contribution in [0.5, 0.6) is 11.5 Å². The van der Waals surface area contributed by atoms with E-state index in [0.717, 1.165) is 11.3 Å². The van der Waals surface area contributed by atoms with Crippen LogP contribution in [0.4, 0.5) is 0 Å². The Kier molecular flexibility index (Phi) is 2.15. The summed E-state index contributed by atoms with van der Waals surface area (Å²) in [5, 5.41) is 9.31. The van der Waals surface area contributed by atoms with Crippen molar-refractivity contribution in [2.24, 2.45) is 0 Å². The van der Waals surface area contributed by atoms with Gasteiger partial charge in [0.15, 0.2) is 0 Å². The Morgan fingerprint density at radius 3 is 3.14 bits per heavy atom. The number of phenols is 1. The largest absolute Gasteiger partial charge is 0.508 e. The predicted molar refractivity (Wildman–Crippen MR) is 51.6 cm³/mol. The topological polar surface area (TPSA) is 46.5 Å². The highest BCUT2D eigenvalue weighted by atomic mass is 16.5. The maximum Gasteiger partial charge on any atom is 0.130 e. The Balaban J connectivity index is 2.28. The van der Waals surface area contributed by atoms with E-state index in [4.69, 9.17) is 4.74 Å². The van der Waals surface area contributed by atoms with Gasteiger partial charge in [0.05, 0.1) is 6.61 Å². The molecule has 0 bridgehead atoms. The monoisotopic (exact) mass is 192 g/mol. The number of carbonyl (C=O) groups excluding carboxylic acids is 1. The Morgan fingerprint density at radius 1 is 1.64 bits per heavy atom. The van der Waals surface area contributed by atoms with Crippen LogP contribution < -0.4 is 4.74 Å². The number of phenolic OH excluding ortho intramolecular Hbond substituents is 1. The van der Waals surface area contributed by atoms with Crippen LogP contribution in [0.2, 0.25) is 0 Å². The van der Waals surface area contributed by atoms with Crippen LogP contribution >= 0.6 is 0 Å². The quantitative estimate of drug-likeness (QED) is 0.777. The smallest absolute Gasteiger partial charge is 0.130 e. The Morgan fingerprint density at radius 2 is 2.43 bits per heavy atom. The van der Waals surface area contributed by atoms with Crippen LogP contribution in [-0.4, -0.2) is 17.5 Å². The molecule has 0 amide bonds. The minimum absolute atomic E-state index is 0.106. The first-order valence-corrected chi connectivity index (χ1v) is 4.62. The predicted octanol–water partition coefficient (Wildman–Crippen LogP) is 1.85. The second-order valence-corrected chi connectivity index (χ2v) is 3.64. The minimum Gasteiger partial charge on any atom is -0.508 e. The molecule has 74 valence electrons. The number of fused-ring (bicyclic) bond motifs is 1. The first-order valence-electron chi connectivity index (χ1n) is 4.62. The molecular formula is C11H12O3. The van der Waals surface area contributed by atoms with Gasteiger partial charge >= 0.3 is 0 Å². The molecule has 1 atom stereocenters. The normalized spacial score (nSPS) is 18.8. The van der Waals surface area contributed by atoms with Crippen molar-refractivity contribution in [2.75, 3.05) is 6.61 Å². The Labute approximate surface area is 82.3 Å². The van der Waals surface area contributed by atoms with Crippen molar-refractivity contribution in [2.45, 2.75) is 19.3 Å². The number of rotatable bonds is 2. The summed E-state index contributed by atoms with van der Waals surface area (Å²) in [6.45, 7) is 2.11. The number of ether oxygens (including phenoxy) is 1. The van der Waals surface area contributed by atoms with Gasteiger partial charge in [0.25, 0.3) is 0 Å². The van der Waals surface area contributed by atoms with E-state index in [0.29, 0.717) is 13.0 Å². The zero-order chi connectivity index (χ0) is 10.1. The third-order valence-corrected chi connectivity index (χ3v) is 2.41. The zero-order valence-corrected chi connectivity index (χ0v) is 7.99. The lowest BCUT2D eigenvalue weighted by atomic mass is 9.96. The summed E-state index contributed by atoms with van der Waals surface area (Å²) in [5.41, 5.74) is 0.945. The lowest BCUT2D eigenvalue weighted by molar-refractivity contribution is -0.117. The highest BCUT2D eigenvalue weighted by Gasteiger charge is 2.25. The minimum atomic E-state index is 0.106. The SMILES string of the molecule is CC(=O)CC1COc2ccc(O)cc21. The second-order valence-electron chi connectivity index (χ2n) is 3.64. The van der Waals surface area contributed by atoms with E-state index in [-0.39, 0.29) is 17.5 Å². The number of hydrogen-bond donors (Lipinski definition) is 1. The number of aromatic hydroxyl groups is 1. The van der Waals surface area contributed by atoms with Crippen LogP contribution in [0, 0.1) is 0 Å². The van der Waals surface area contributed by atoms with Crippen molar-refractivity contribution in [1.29, 1.82) is 0 Å². The van der Waals surface area contributed by atoms with E-state index in [1.807, 2.05) is 0 Å². The van der Waals surface area contributed by atoms with Gasteiger partial charge in [-0.05, 0) is 25.1 Å². The van der Waals surface area contributed by atoms with Gasteiger partial charge in [0, 0.05) is 17.9 Å². The summed E-state index contributed by atoms with van der Waals surface area (Å²) in [4.78, 5) is 11.0. The van der Waals surface area contributed by atoms with Crippen molar-refractivity contribution >= 4 is 5.78 Å². The number of benzene rings is 1. The lowest BCUT2D eigenvalue weighted by Gasteiger charge is -2.05. The van der Waals surface area contributed by atoms with E-state index in [1.165, 1.54) is 0 Å². The molecule has 1 aliphatic rings. The van der Waals surface area contributed by atoms with Crippen molar-refractivity contribution in [3.05, 3.63) is 23.8 Å². The fourth-order valence-electron chi connectivity index (χ4n) is 1.78. The average Bonchev–Trinajstić information content (AvgIpc) is 2.47. The summed E-state index contributed by atoms with van der Waals surface area (Å²) >= 11 is 0. The van der Waals surface area contributed by atoms with E-state index < -0.39 is 0 Å². The number of ketones is 1. The summed E-state index contributed by atoms with van der Waals surface area (Å²) < 4.78 is 5.40. The molecule has 1 unspecified atom stereocenters. The molecule has 3 nitrogen and oxygen atoms in total. The summed E-state index contributed by atoms with van der Waals surface area (Å²) in [7, 11) is 0. The molecule has 1 aromatic rings. The van der Waals surface area contributed by atoms with Gasteiger partial charge < -0.3 is 14.6 Å². The van der Waals surface area contributed by atoms with Gasteiger partial charge in [-0.25, -0.2) is 0 Å². The molecule has 0 saturated heterocycles. The molecular weight excluding hydrogens is 180 g/mol. The molecule has 0 aliphatic carbocycles. The third kappa shape index (κ3) is 1.58. The van der Waals surface area contributed by atoms with E-state index in [2.05, 4.69) is 0 Å². The molecule has 0 aromatic heterocycles. The first kappa shape index (κ1) is 9.06. The molecule has 3 heteroatoms. The molecule has 14 heavy (non-hydrogen) atoms. The number of Topliss-reactive ketones (excluding diaryl/α,β-unsaturated/α-hetero) is 1. The van der Waals surface area contributed by atoms with E-state index in [9.17, 15) is 9.90 Å². The summed E-state index contributed by atoms with van der Waals surface area (Å²) in [6.07, 6.45) is 0.483. The Bertz CT molecular complexity index is 371. The van der Waals surface area contributed by atoms with Crippen LogP contribution in [0.1, 0.15) is 24.8 Å². The first-order chi connectivity index (χ1) is 6.66. The maximum absolute atomic E-state index is 11.0. The summed E-state index contributed by atoms with van der Waals surface area (Å²) in [6, 6.07) is 5.01. The van der Waals surface area contributed by atoms with E-state index in [1.54, 1.807) is 25.1 Å². The van der Waals surface area contributed by atoms with Crippen LogP contribution in [0.25, 0.3) is 0 Å². The fourth-order valence-corrected chi connectivity index (χ4v) is 1.78. The van der Waals surface area contributed by atoms with Crippen LogP contribution in [0.15, 0.2) is 18.2 Å². The number of carbonyl (C=O) groups is 1. The average molecular weight is 192 g/mol. The lowest BCUT2D eigenvalue weighted by Crippen LogP contribution is -2.05. The number of hydrogen-bond acceptors (Lipinski definition) is 3. The molecule has 0 radical (unpaired) electrons. The highest BCUT2D eigenvalue weighted by Crippen LogP contribution is 2.37. The molecule has 2 rings (SSSR count). The molecule has 0 spiro atoms. The standard InChI is InChI=1S/C11H12O3/c1-7(12)4-8-6-14-11-3-2-9(13)5-10(8)11/h2-3,5,8,13H,4,6H2,1H3. The molecule has 1 aliphatic heterocycles. The van der Waals surface area contributed by atoms with Gasteiger partial charge in [-0.1, -0.05) is 0 Å². The zero-order valence-electron chi connectivity index (χ0n) is 7.99. The summed E-state index contributed by atoms with van der Waals surface area (Å²) in [5.74, 6) is 1.27. The molecule has 0 saturated carbocycles. The van der Waals surface area contributed by atoms with Gasteiger partial charge in [0.1, 0.15) is 17.3 Å². The maximum atomic E-state index is 11.0. The third-order valence-electron chi connectivity index (χ3n) is 2.41.